The molecule has 2 heterocycles. The van der Waals surface area contributed by atoms with E-state index in [0.717, 1.165) is 22.0 Å². The van der Waals surface area contributed by atoms with E-state index in [9.17, 15) is 0 Å². The average molecular weight is 738 g/mol. The van der Waals surface area contributed by atoms with Crippen molar-refractivity contribution in [2.24, 2.45) is 0 Å². The van der Waals surface area contributed by atoms with Crippen molar-refractivity contribution in [3.8, 4) is 0 Å². The van der Waals surface area contributed by atoms with Crippen molar-refractivity contribution < 1.29 is 32.7 Å². The Morgan fingerprint density at radius 2 is 0.788 bits per heavy atom. The minimum absolute atomic E-state index is 0. The van der Waals surface area contributed by atoms with Crippen LogP contribution in [0.15, 0.2) is 182 Å². The number of aromatic nitrogens is 2. The van der Waals surface area contributed by atoms with Crippen molar-refractivity contribution in [1.29, 1.82) is 0 Å². The van der Waals surface area contributed by atoms with Crippen LogP contribution in [0, 0.1) is 12.6 Å². The van der Waals surface area contributed by atoms with E-state index in [2.05, 4.69) is 173 Å². The maximum atomic E-state index is 5.65. The van der Waals surface area contributed by atoms with Gasteiger partial charge in [0.25, 0.3) is 0 Å². The molecule has 0 amide bonds. The van der Waals surface area contributed by atoms with E-state index < -0.39 is 0 Å². The SMILES string of the molecule is [CH-]=Cc1[c-]c2ccccc2c2ccccc12.[Y].c1ccc2c(c1)c1ccccc1c1ccccc21.c1ccc2c(c1)c1ccccc1n1ccnc21. The molecule has 0 saturated heterocycles. The van der Waals surface area contributed by atoms with E-state index in [4.69, 9.17) is 6.58 Å². The molecule has 0 aliphatic rings. The van der Waals surface area contributed by atoms with Crippen LogP contribution >= 0.6 is 0 Å². The van der Waals surface area contributed by atoms with E-state index >= 15 is 0 Å². The second-order valence-corrected chi connectivity index (χ2v) is 12.6. The Bertz CT molecular complexity index is 2780. The summed E-state index contributed by atoms with van der Waals surface area (Å²) in [5.41, 5.74) is 3.20. The van der Waals surface area contributed by atoms with Crippen LogP contribution in [0.1, 0.15) is 5.56 Å². The van der Waals surface area contributed by atoms with E-state index in [1.54, 1.807) is 6.08 Å². The molecule has 0 unspecified atom stereocenters. The average Bonchev–Trinajstić information content (AvgIpc) is 3.72. The fourth-order valence-corrected chi connectivity index (χ4v) is 7.50. The Labute approximate surface area is 327 Å². The molecule has 2 aromatic heterocycles. The van der Waals surface area contributed by atoms with Crippen molar-refractivity contribution >= 4 is 87.3 Å². The summed E-state index contributed by atoms with van der Waals surface area (Å²) in [6, 6.07) is 62.7. The molecule has 0 saturated carbocycles. The Morgan fingerprint density at radius 1 is 0.423 bits per heavy atom. The van der Waals surface area contributed by atoms with Gasteiger partial charge in [-0.1, -0.05) is 162 Å². The van der Waals surface area contributed by atoms with Gasteiger partial charge in [-0.3, -0.25) is 16.0 Å². The van der Waals surface area contributed by atoms with Crippen molar-refractivity contribution in [2.75, 3.05) is 0 Å². The van der Waals surface area contributed by atoms with Crippen LogP contribution < -0.4 is 0 Å². The van der Waals surface area contributed by atoms with Gasteiger partial charge in [0.15, 0.2) is 0 Å². The maximum absolute atomic E-state index is 5.65. The molecule has 0 spiro atoms. The topological polar surface area (TPSA) is 17.3 Å². The third-order valence-electron chi connectivity index (χ3n) is 9.78. The van der Waals surface area contributed by atoms with Crippen LogP contribution in [0.25, 0.3) is 87.3 Å². The summed E-state index contributed by atoms with van der Waals surface area (Å²) in [5, 5.41) is 16.5. The van der Waals surface area contributed by atoms with Crippen LogP contribution in [0.2, 0.25) is 0 Å². The molecule has 3 heteroatoms. The number of fused-ring (bicyclic) bond motifs is 15. The standard InChI is InChI=1S/C18H12.C16H10.C15H10N2.Y/c1-2-8-14-13(7-1)15-9-3-4-11-17(15)18-12-6-5-10-16(14)18;1-2-12-11-13-7-3-4-9-15(13)16-10-6-5-8-14(12)16;1-2-7-13-11(5-1)12-6-3-4-8-14(12)17-10-9-16-15(13)17;/h1-12H;1-10H;1-10H;/q;-2;;. The molecule has 243 valence electrons. The second kappa shape index (κ2) is 14.5. The molecule has 11 aromatic rings. The van der Waals surface area contributed by atoms with Crippen LogP contribution in [-0.4, -0.2) is 9.38 Å². The number of pyridine rings is 1. The van der Waals surface area contributed by atoms with Gasteiger partial charge < -0.3 is 6.58 Å². The number of para-hydroxylation sites is 1. The van der Waals surface area contributed by atoms with Crippen molar-refractivity contribution in [3.63, 3.8) is 0 Å². The van der Waals surface area contributed by atoms with E-state index in [1.165, 1.54) is 64.8 Å². The van der Waals surface area contributed by atoms with Gasteiger partial charge in [-0.25, -0.2) is 11.1 Å². The van der Waals surface area contributed by atoms with Crippen molar-refractivity contribution in [3.05, 3.63) is 200 Å². The molecule has 52 heavy (non-hydrogen) atoms. The largest absolute Gasteiger partial charge is 0.334 e. The zero-order chi connectivity index (χ0) is 34.1. The Morgan fingerprint density at radius 3 is 1.29 bits per heavy atom. The van der Waals surface area contributed by atoms with Crippen LogP contribution in [0.4, 0.5) is 0 Å². The maximum Gasteiger partial charge on any atom is 0.145 e. The van der Waals surface area contributed by atoms with Gasteiger partial charge in [0.05, 0.1) is 5.52 Å². The van der Waals surface area contributed by atoms with Crippen LogP contribution in [0.5, 0.6) is 0 Å². The molecule has 1 radical (unpaired) electrons. The smallest absolute Gasteiger partial charge is 0.145 e. The molecule has 9 aromatic carbocycles. The Kier molecular flexibility index (Phi) is 9.35. The molecule has 2 nitrogen and oxygen atoms in total. The summed E-state index contributed by atoms with van der Waals surface area (Å²) in [6.07, 6.45) is 5.49. The van der Waals surface area contributed by atoms with Gasteiger partial charge >= 0.3 is 0 Å². The van der Waals surface area contributed by atoms with Gasteiger partial charge in [0.1, 0.15) is 5.65 Å². The first kappa shape index (κ1) is 33.5. The predicted octanol–water partition coefficient (Wildman–Crippen LogP) is 13.0. The molecule has 0 bridgehead atoms. The minimum atomic E-state index is 0. The normalized spacial score (nSPS) is 11.0. The molecule has 0 aliphatic heterocycles. The summed E-state index contributed by atoms with van der Waals surface area (Å²) in [6.45, 7) is 5.65. The van der Waals surface area contributed by atoms with Gasteiger partial charge in [0.2, 0.25) is 0 Å². The van der Waals surface area contributed by atoms with Crippen LogP contribution in [0.3, 0.4) is 0 Å². The summed E-state index contributed by atoms with van der Waals surface area (Å²) in [5.74, 6) is 0. The minimum Gasteiger partial charge on any atom is -0.334 e. The summed E-state index contributed by atoms with van der Waals surface area (Å²) in [7, 11) is 0. The van der Waals surface area contributed by atoms with Crippen LogP contribution in [-0.2, 0) is 32.7 Å². The molecule has 0 N–H and O–H groups in total. The number of nitrogens with zero attached hydrogens (tertiary/aromatic N) is 2. The van der Waals surface area contributed by atoms with Gasteiger partial charge in [0, 0.05) is 55.9 Å². The zero-order valence-electron chi connectivity index (χ0n) is 28.4. The fourth-order valence-electron chi connectivity index (χ4n) is 7.50. The van der Waals surface area contributed by atoms with Crippen molar-refractivity contribution in [1.82, 2.24) is 9.38 Å². The summed E-state index contributed by atoms with van der Waals surface area (Å²) in [4.78, 5) is 4.46. The summed E-state index contributed by atoms with van der Waals surface area (Å²) < 4.78 is 2.15. The summed E-state index contributed by atoms with van der Waals surface area (Å²) >= 11 is 0. The Hall–Kier alpha value is -5.67. The quantitative estimate of drug-likeness (QED) is 0.121. The van der Waals surface area contributed by atoms with Gasteiger partial charge in [-0.05, 0) is 43.8 Å². The van der Waals surface area contributed by atoms with E-state index in [1.807, 2.05) is 24.5 Å². The third-order valence-corrected chi connectivity index (χ3v) is 9.78. The number of hydrogen-bond donors (Lipinski definition) is 0. The second-order valence-electron chi connectivity index (χ2n) is 12.6. The zero-order valence-corrected chi connectivity index (χ0v) is 31.3. The first-order chi connectivity index (χ1) is 25.3. The number of rotatable bonds is 1. The first-order valence-corrected chi connectivity index (χ1v) is 17.2. The van der Waals surface area contributed by atoms with Crippen molar-refractivity contribution in [2.45, 2.75) is 0 Å². The number of imidazole rings is 1. The number of benzene rings is 9. The van der Waals surface area contributed by atoms with Gasteiger partial charge in [-0.15, -0.1) is 17.5 Å². The molecule has 0 fully saturated rings. The van der Waals surface area contributed by atoms with Gasteiger partial charge in [-0.2, -0.15) is 5.39 Å². The molecule has 11 rings (SSSR count). The number of hydrogen-bond acceptors (Lipinski definition) is 1. The molecule has 0 atom stereocenters. The molecule has 0 aliphatic carbocycles. The monoisotopic (exact) mass is 737 g/mol. The Balaban J connectivity index is 0.000000111. The fraction of sp³-hybridized carbons (Fsp3) is 0. The molecular weight excluding hydrogens is 705 g/mol. The third kappa shape index (κ3) is 5.85. The van der Waals surface area contributed by atoms with E-state index in [0.29, 0.717) is 0 Å². The molecular formula is C49H32N2Y-2. The van der Waals surface area contributed by atoms with E-state index in [-0.39, 0.29) is 32.7 Å². The first-order valence-electron chi connectivity index (χ1n) is 17.2. The predicted molar refractivity (Wildman–Crippen MR) is 218 cm³/mol.